The molecule has 1 rings (SSSR count). The largest absolute Gasteiger partial charge is 0.355 e. The molecule has 1 aromatic carbocycles. The highest BCUT2D eigenvalue weighted by Gasteiger charge is 2.10. The summed E-state index contributed by atoms with van der Waals surface area (Å²) in [6, 6.07) is 3.82. The smallest absolute Gasteiger partial charge is 0.233 e. The van der Waals surface area contributed by atoms with Gasteiger partial charge in [-0.05, 0) is 24.1 Å². The molecule has 0 radical (unpaired) electrons. The molecule has 1 aromatic rings. The first kappa shape index (κ1) is 15.4. The van der Waals surface area contributed by atoms with Crippen LogP contribution in [0.4, 0.5) is 10.1 Å². The Hall–Kier alpha value is -1.62. The summed E-state index contributed by atoms with van der Waals surface area (Å²) in [7, 11) is 0. The lowest BCUT2D eigenvalue weighted by atomic mass is 10.2. The highest BCUT2D eigenvalue weighted by molar-refractivity contribution is 6.31. The van der Waals surface area contributed by atoms with Crippen molar-refractivity contribution in [3.63, 3.8) is 0 Å². The number of rotatable bonds is 5. The topological polar surface area (TPSA) is 58.2 Å². The summed E-state index contributed by atoms with van der Waals surface area (Å²) in [5.74, 6) is -1.06. The number of amides is 2. The molecule has 0 bridgehead atoms. The van der Waals surface area contributed by atoms with Crippen LogP contribution in [0.25, 0.3) is 0 Å². The number of carbonyl (C=O) groups excluding carboxylic acids is 2. The molecule has 0 saturated heterocycles. The number of halogens is 2. The van der Waals surface area contributed by atoms with E-state index in [-0.39, 0.29) is 17.4 Å². The number of hydrogen-bond acceptors (Lipinski definition) is 2. The standard InChI is InChI=1S/C13H16ClFN2O2/c1-8(2)7-16-12(18)6-13(19)17-9-3-4-11(15)10(14)5-9/h3-5,8H,6-7H2,1-2H3,(H,16,18)(H,17,19). The minimum atomic E-state index is -0.561. The van der Waals surface area contributed by atoms with Crippen LogP contribution in [-0.2, 0) is 9.59 Å². The maximum atomic E-state index is 12.9. The van der Waals surface area contributed by atoms with Gasteiger partial charge in [0.1, 0.15) is 12.2 Å². The Kier molecular flexibility index (Phi) is 5.76. The predicted molar refractivity (Wildman–Crippen MR) is 72.5 cm³/mol. The van der Waals surface area contributed by atoms with Crippen molar-refractivity contribution in [3.05, 3.63) is 29.0 Å². The third kappa shape index (κ3) is 5.70. The number of anilines is 1. The first-order valence-corrected chi connectivity index (χ1v) is 6.28. The summed E-state index contributed by atoms with van der Waals surface area (Å²) in [4.78, 5) is 23.0. The Morgan fingerprint density at radius 3 is 2.58 bits per heavy atom. The lowest BCUT2D eigenvalue weighted by Crippen LogP contribution is -2.30. The van der Waals surface area contributed by atoms with Crippen LogP contribution in [0.1, 0.15) is 20.3 Å². The van der Waals surface area contributed by atoms with Gasteiger partial charge in [-0.2, -0.15) is 0 Å². The van der Waals surface area contributed by atoms with Crippen LogP contribution in [0.2, 0.25) is 5.02 Å². The highest BCUT2D eigenvalue weighted by atomic mass is 35.5. The summed E-state index contributed by atoms with van der Waals surface area (Å²) < 4.78 is 12.9. The van der Waals surface area contributed by atoms with Gasteiger partial charge >= 0.3 is 0 Å². The van der Waals surface area contributed by atoms with Crippen molar-refractivity contribution in [3.8, 4) is 0 Å². The Morgan fingerprint density at radius 1 is 1.32 bits per heavy atom. The zero-order chi connectivity index (χ0) is 14.4. The lowest BCUT2D eigenvalue weighted by molar-refractivity contribution is -0.126. The highest BCUT2D eigenvalue weighted by Crippen LogP contribution is 2.19. The van der Waals surface area contributed by atoms with Crippen LogP contribution >= 0.6 is 11.6 Å². The average molecular weight is 287 g/mol. The van der Waals surface area contributed by atoms with Crippen molar-refractivity contribution in [1.29, 1.82) is 0 Å². The Bertz CT molecular complexity index is 478. The molecule has 0 fully saturated rings. The van der Waals surface area contributed by atoms with Crippen molar-refractivity contribution < 1.29 is 14.0 Å². The van der Waals surface area contributed by atoms with E-state index in [1.807, 2.05) is 13.8 Å². The number of benzene rings is 1. The van der Waals surface area contributed by atoms with Gasteiger partial charge in [0.25, 0.3) is 0 Å². The van der Waals surface area contributed by atoms with Gasteiger partial charge in [0.2, 0.25) is 11.8 Å². The molecule has 2 N–H and O–H groups in total. The van der Waals surface area contributed by atoms with Crippen LogP contribution in [-0.4, -0.2) is 18.4 Å². The number of carbonyl (C=O) groups is 2. The van der Waals surface area contributed by atoms with E-state index in [1.165, 1.54) is 12.1 Å². The van der Waals surface area contributed by atoms with E-state index in [4.69, 9.17) is 11.6 Å². The fourth-order valence-electron chi connectivity index (χ4n) is 1.31. The van der Waals surface area contributed by atoms with Crippen molar-refractivity contribution in [2.45, 2.75) is 20.3 Å². The first-order valence-electron chi connectivity index (χ1n) is 5.90. The fraction of sp³-hybridized carbons (Fsp3) is 0.385. The molecular weight excluding hydrogens is 271 g/mol. The molecule has 0 spiro atoms. The van der Waals surface area contributed by atoms with Crippen LogP contribution in [0.5, 0.6) is 0 Å². The molecule has 0 aliphatic heterocycles. The molecule has 0 aromatic heterocycles. The number of nitrogens with one attached hydrogen (secondary N) is 2. The van der Waals surface area contributed by atoms with Crippen molar-refractivity contribution in [2.24, 2.45) is 5.92 Å². The Morgan fingerprint density at radius 2 is 2.00 bits per heavy atom. The van der Waals surface area contributed by atoms with Gasteiger partial charge in [0.05, 0.1) is 5.02 Å². The normalized spacial score (nSPS) is 10.4. The van der Waals surface area contributed by atoms with Crippen LogP contribution in [0.3, 0.4) is 0 Å². The molecule has 19 heavy (non-hydrogen) atoms. The maximum absolute atomic E-state index is 12.9. The van der Waals surface area contributed by atoms with Gasteiger partial charge in [-0.25, -0.2) is 4.39 Å². The van der Waals surface area contributed by atoms with Gasteiger partial charge in [-0.3, -0.25) is 9.59 Å². The fourth-order valence-corrected chi connectivity index (χ4v) is 1.49. The average Bonchev–Trinajstić information content (AvgIpc) is 2.31. The second-order valence-corrected chi connectivity index (χ2v) is 4.96. The second kappa shape index (κ2) is 7.09. The minimum absolute atomic E-state index is 0.0814. The molecular formula is C13H16ClFN2O2. The van der Waals surface area contributed by atoms with Crippen molar-refractivity contribution in [2.75, 3.05) is 11.9 Å². The monoisotopic (exact) mass is 286 g/mol. The molecule has 104 valence electrons. The van der Waals surface area contributed by atoms with E-state index in [1.54, 1.807) is 0 Å². The zero-order valence-corrected chi connectivity index (χ0v) is 11.6. The second-order valence-electron chi connectivity index (χ2n) is 4.55. The van der Waals surface area contributed by atoms with Crippen molar-refractivity contribution in [1.82, 2.24) is 5.32 Å². The SMILES string of the molecule is CC(C)CNC(=O)CC(=O)Nc1ccc(F)c(Cl)c1. The molecule has 0 heterocycles. The van der Waals surface area contributed by atoms with E-state index >= 15 is 0 Å². The molecule has 0 saturated carbocycles. The van der Waals surface area contributed by atoms with Gasteiger partial charge < -0.3 is 10.6 Å². The predicted octanol–water partition coefficient (Wildman–Crippen LogP) is 2.58. The van der Waals surface area contributed by atoms with Gasteiger partial charge in [0.15, 0.2) is 0 Å². The zero-order valence-electron chi connectivity index (χ0n) is 10.8. The van der Waals surface area contributed by atoms with Gasteiger partial charge in [0, 0.05) is 12.2 Å². The molecule has 0 aliphatic rings. The summed E-state index contributed by atoms with van der Waals surface area (Å²) in [5, 5.41) is 5.03. The molecule has 0 atom stereocenters. The Balaban J connectivity index is 2.46. The van der Waals surface area contributed by atoms with Crippen LogP contribution in [0, 0.1) is 11.7 Å². The molecule has 0 unspecified atom stereocenters. The molecule has 6 heteroatoms. The van der Waals surface area contributed by atoms with E-state index in [0.29, 0.717) is 18.2 Å². The van der Waals surface area contributed by atoms with E-state index in [2.05, 4.69) is 10.6 Å². The van der Waals surface area contributed by atoms with E-state index in [9.17, 15) is 14.0 Å². The molecule has 0 aliphatic carbocycles. The summed E-state index contributed by atoms with van der Waals surface area (Å²) in [5.41, 5.74) is 0.355. The minimum Gasteiger partial charge on any atom is -0.355 e. The van der Waals surface area contributed by atoms with E-state index < -0.39 is 11.7 Å². The maximum Gasteiger partial charge on any atom is 0.233 e. The lowest BCUT2D eigenvalue weighted by Gasteiger charge is -2.08. The van der Waals surface area contributed by atoms with Crippen molar-refractivity contribution >= 4 is 29.1 Å². The Labute approximate surface area is 116 Å². The molecule has 2 amide bonds. The summed E-state index contributed by atoms with van der Waals surface area (Å²) in [6.45, 7) is 4.44. The molecule has 4 nitrogen and oxygen atoms in total. The third-order valence-corrected chi connectivity index (χ3v) is 2.52. The van der Waals surface area contributed by atoms with E-state index in [0.717, 1.165) is 6.07 Å². The first-order chi connectivity index (χ1) is 8.88. The summed E-state index contributed by atoms with van der Waals surface area (Å²) in [6.07, 6.45) is -0.276. The quantitative estimate of drug-likeness (QED) is 0.818. The van der Waals surface area contributed by atoms with Crippen LogP contribution in [0.15, 0.2) is 18.2 Å². The van der Waals surface area contributed by atoms with Gasteiger partial charge in [-0.1, -0.05) is 25.4 Å². The third-order valence-electron chi connectivity index (χ3n) is 2.23. The summed E-state index contributed by atoms with van der Waals surface area (Å²) >= 11 is 5.58. The van der Waals surface area contributed by atoms with Gasteiger partial charge in [-0.15, -0.1) is 0 Å². The van der Waals surface area contributed by atoms with Crippen LogP contribution < -0.4 is 10.6 Å². The number of hydrogen-bond donors (Lipinski definition) is 2.